The average molecular weight is 391 g/mol. The molecule has 0 saturated heterocycles. The van der Waals surface area contributed by atoms with Crippen LogP contribution in [0.25, 0.3) is 10.9 Å². The van der Waals surface area contributed by atoms with Gasteiger partial charge in [-0.25, -0.2) is 8.78 Å². The molecule has 1 N–H and O–H groups in total. The Morgan fingerprint density at radius 2 is 1.41 bits per heavy atom. The molecule has 0 spiro atoms. The lowest BCUT2D eigenvalue weighted by Gasteiger charge is -2.23. The van der Waals surface area contributed by atoms with Crippen molar-refractivity contribution in [3.8, 4) is 0 Å². The van der Waals surface area contributed by atoms with Crippen molar-refractivity contribution in [1.29, 1.82) is 0 Å². The van der Waals surface area contributed by atoms with Crippen LogP contribution in [0, 0.1) is 25.5 Å². The van der Waals surface area contributed by atoms with Crippen molar-refractivity contribution in [2.75, 3.05) is 5.43 Å². The Bertz CT molecular complexity index is 1070. The zero-order valence-corrected chi connectivity index (χ0v) is 16.5. The van der Waals surface area contributed by atoms with Crippen LogP contribution in [0.2, 0.25) is 0 Å². The van der Waals surface area contributed by atoms with Gasteiger partial charge >= 0.3 is 0 Å². The first-order valence-corrected chi connectivity index (χ1v) is 9.68. The summed E-state index contributed by atoms with van der Waals surface area (Å²) in [5.41, 5.74) is 9.05. The van der Waals surface area contributed by atoms with Crippen LogP contribution in [0.5, 0.6) is 0 Å². The van der Waals surface area contributed by atoms with Gasteiger partial charge in [0.25, 0.3) is 0 Å². The molecule has 0 aliphatic heterocycles. The maximum atomic E-state index is 13.3. The van der Waals surface area contributed by atoms with Gasteiger partial charge in [-0.3, -0.25) is 9.66 Å². The molecule has 4 rings (SSSR count). The van der Waals surface area contributed by atoms with E-state index in [0.717, 1.165) is 27.7 Å². The molecule has 3 nitrogen and oxygen atoms in total. The molecule has 0 aliphatic carbocycles. The van der Waals surface area contributed by atoms with Crippen molar-refractivity contribution in [2.45, 2.75) is 32.7 Å². The third kappa shape index (κ3) is 4.14. The Morgan fingerprint density at radius 3 is 1.97 bits per heavy atom. The maximum Gasteiger partial charge on any atom is 0.123 e. The number of nitrogens with zero attached hydrogens (tertiary/aromatic N) is 2. The van der Waals surface area contributed by atoms with Crippen molar-refractivity contribution in [3.63, 3.8) is 0 Å². The summed E-state index contributed by atoms with van der Waals surface area (Å²) < 4.78 is 28.7. The maximum absolute atomic E-state index is 13.3. The molecule has 0 saturated carbocycles. The summed E-state index contributed by atoms with van der Waals surface area (Å²) in [6.07, 6.45) is 5.06. The zero-order chi connectivity index (χ0) is 20.4. The first-order valence-electron chi connectivity index (χ1n) is 9.68. The summed E-state index contributed by atoms with van der Waals surface area (Å²) >= 11 is 0. The third-order valence-corrected chi connectivity index (χ3v) is 5.43. The summed E-state index contributed by atoms with van der Waals surface area (Å²) in [5.74, 6) is -0.489. The van der Waals surface area contributed by atoms with Crippen molar-refractivity contribution >= 4 is 10.9 Å². The molecule has 4 aromatic rings. The molecule has 0 radical (unpaired) electrons. The molecule has 0 fully saturated rings. The second-order valence-corrected chi connectivity index (χ2v) is 7.43. The van der Waals surface area contributed by atoms with Gasteiger partial charge in [0, 0.05) is 17.3 Å². The van der Waals surface area contributed by atoms with Gasteiger partial charge in [0.05, 0.1) is 17.8 Å². The number of aryl methyl sites for hydroxylation is 1. The molecule has 5 heteroatoms. The molecule has 29 heavy (non-hydrogen) atoms. The van der Waals surface area contributed by atoms with Crippen LogP contribution < -0.4 is 5.43 Å². The van der Waals surface area contributed by atoms with Gasteiger partial charge in [-0.15, -0.1) is 0 Å². The molecule has 0 unspecified atom stereocenters. The first-order chi connectivity index (χ1) is 14.0. The minimum atomic E-state index is -0.245. The SMILES string of the molecule is Cc1c(C)n(NC(Cc2ccc(F)cc2)Cc2ccc(F)cc2)c2cnccc12. The molecule has 2 aromatic carbocycles. The number of hydrogen-bond donors (Lipinski definition) is 1. The number of benzene rings is 2. The number of pyridine rings is 1. The average Bonchev–Trinajstić information content (AvgIpc) is 2.96. The normalized spacial score (nSPS) is 11.3. The highest BCUT2D eigenvalue weighted by Gasteiger charge is 2.16. The van der Waals surface area contributed by atoms with Crippen LogP contribution in [-0.2, 0) is 12.8 Å². The molecule has 2 aromatic heterocycles. The van der Waals surface area contributed by atoms with E-state index in [1.54, 1.807) is 6.20 Å². The molecule has 0 aliphatic rings. The van der Waals surface area contributed by atoms with E-state index in [1.165, 1.54) is 29.8 Å². The third-order valence-electron chi connectivity index (χ3n) is 5.43. The van der Waals surface area contributed by atoms with E-state index in [1.807, 2.05) is 36.5 Å². The number of halogens is 2. The summed E-state index contributed by atoms with van der Waals surface area (Å²) in [5, 5.41) is 1.16. The minimum absolute atomic E-state index is 0.0276. The van der Waals surface area contributed by atoms with Crippen LogP contribution in [0.4, 0.5) is 8.78 Å². The van der Waals surface area contributed by atoms with Crippen LogP contribution in [0.3, 0.4) is 0 Å². The van der Waals surface area contributed by atoms with Crippen LogP contribution in [0.15, 0.2) is 67.0 Å². The Hall–Kier alpha value is -3.21. The smallest absolute Gasteiger partial charge is 0.123 e. The predicted octanol–water partition coefficient (Wildman–Crippen LogP) is 5.33. The number of aromatic nitrogens is 2. The van der Waals surface area contributed by atoms with E-state index in [9.17, 15) is 8.78 Å². The standard InChI is InChI=1S/C24H23F2N3/c1-16-17(2)29(24-15-27-12-11-23(16)24)28-22(13-18-3-7-20(25)8-4-18)14-19-5-9-21(26)10-6-19/h3-12,15,22,28H,13-14H2,1-2H3. The highest BCUT2D eigenvalue weighted by Crippen LogP contribution is 2.24. The van der Waals surface area contributed by atoms with Crippen LogP contribution in [-0.4, -0.2) is 15.7 Å². The van der Waals surface area contributed by atoms with E-state index < -0.39 is 0 Å². The fourth-order valence-electron chi connectivity index (χ4n) is 3.75. The van der Waals surface area contributed by atoms with Crippen molar-refractivity contribution in [1.82, 2.24) is 9.66 Å². The summed E-state index contributed by atoms with van der Waals surface area (Å²) in [7, 11) is 0. The second kappa shape index (κ2) is 8.03. The number of rotatable bonds is 6. The van der Waals surface area contributed by atoms with Gasteiger partial charge in [-0.1, -0.05) is 24.3 Å². The van der Waals surface area contributed by atoms with Gasteiger partial charge in [0.2, 0.25) is 0 Å². The summed E-state index contributed by atoms with van der Waals surface area (Å²) in [4.78, 5) is 4.28. The lowest BCUT2D eigenvalue weighted by Crippen LogP contribution is -2.32. The second-order valence-electron chi connectivity index (χ2n) is 7.43. The summed E-state index contributed by atoms with van der Waals surface area (Å²) in [6, 6.07) is 15.2. The molecular formula is C24H23F2N3. The highest BCUT2D eigenvalue weighted by molar-refractivity contribution is 5.84. The first kappa shape index (κ1) is 19.1. The van der Waals surface area contributed by atoms with Crippen LogP contribution in [0.1, 0.15) is 22.4 Å². The Balaban J connectivity index is 1.67. The number of hydrogen-bond acceptors (Lipinski definition) is 2. The fraction of sp³-hybridized carbons (Fsp3) is 0.208. The van der Waals surface area contributed by atoms with E-state index in [0.29, 0.717) is 12.8 Å². The van der Waals surface area contributed by atoms with Crippen LogP contribution >= 0.6 is 0 Å². The molecular weight excluding hydrogens is 368 g/mol. The molecule has 148 valence electrons. The monoisotopic (exact) mass is 391 g/mol. The molecule has 0 amide bonds. The van der Waals surface area contributed by atoms with Crippen molar-refractivity contribution in [2.24, 2.45) is 0 Å². The zero-order valence-electron chi connectivity index (χ0n) is 16.5. The fourth-order valence-corrected chi connectivity index (χ4v) is 3.75. The number of fused-ring (bicyclic) bond motifs is 1. The van der Waals surface area contributed by atoms with Gasteiger partial charge in [-0.05, 0) is 73.7 Å². The Kier molecular flexibility index (Phi) is 5.30. The quantitative estimate of drug-likeness (QED) is 0.482. The van der Waals surface area contributed by atoms with E-state index in [-0.39, 0.29) is 17.7 Å². The topological polar surface area (TPSA) is 29.9 Å². The van der Waals surface area contributed by atoms with Crippen molar-refractivity contribution < 1.29 is 8.78 Å². The van der Waals surface area contributed by atoms with E-state index >= 15 is 0 Å². The van der Waals surface area contributed by atoms with Gasteiger partial charge < -0.3 is 5.43 Å². The van der Waals surface area contributed by atoms with Gasteiger partial charge in [-0.2, -0.15) is 0 Å². The van der Waals surface area contributed by atoms with E-state index in [4.69, 9.17) is 0 Å². The van der Waals surface area contributed by atoms with Crippen molar-refractivity contribution in [3.05, 3.63) is 101 Å². The predicted molar refractivity (Wildman–Crippen MR) is 113 cm³/mol. The molecule has 2 heterocycles. The van der Waals surface area contributed by atoms with Gasteiger partial charge in [0.15, 0.2) is 0 Å². The number of nitrogens with one attached hydrogen (secondary N) is 1. The molecule has 0 atom stereocenters. The molecule has 0 bridgehead atoms. The Labute approximate surface area is 169 Å². The largest absolute Gasteiger partial charge is 0.322 e. The Morgan fingerprint density at radius 1 is 0.862 bits per heavy atom. The highest BCUT2D eigenvalue weighted by atomic mass is 19.1. The van der Waals surface area contributed by atoms with E-state index in [2.05, 4.69) is 28.9 Å². The lowest BCUT2D eigenvalue weighted by atomic mass is 9.99. The summed E-state index contributed by atoms with van der Waals surface area (Å²) in [6.45, 7) is 4.18. The van der Waals surface area contributed by atoms with Gasteiger partial charge in [0.1, 0.15) is 11.6 Å². The lowest BCUT2D eigenvalue weighted by molar-refractivity contribution is 0.613. The minimum Gasteiger partial charge on any atom is -0.322 e.